The Morgan fingerprint density at radius 1 is 1.32 bits per heavy atom. The molecule has 6 heteroatoms. The van der Waals surface area contributed by atoms with Gasteiger partial charge in [-0.25, -0.2) is 14.0 Å². The van der Waals surface area contributed by atoms with Crippen molar-refractivity contribution < 1.29 is 23.5 Å². The fraction of sp³-hybridized carbons (Fsp3) is 0.375. The maximum absolute atomic E-state index is 13.1. The Hall–Kier alpha value is -2.37. The van der Waals surface area contributed by atoms with Gasteiger partial charge < -0.3 is 14.8 Å². The predicted molar refractivity (Wildman–Crippen MR) is 77.5 cm³/mol. The smallest absolute Gasteiger partial charge is 0.408 e. The molecule has 1 aliphatic heterocycles. The summed E-state index contributed by atoms with van der Waals surface area (Å²) in [4.78, 5) is 23.2. The quantitative estimate of drug-likeness (QED) is 0.872. The molecule has 0 aromatic heterocycles. The maximum atomic E-state index is 13.1. The molecule has 1 aromatic carbocycles. The van der Waals surface area contributed by atoms with Crippen LogP contribution in [0.15, 0.2) is 36.4 Å². The molecular weight excluding hydrogens is 289 g/mol. The normalized spacial score (nSPS) is 18.7. The number of benzene rings is 1. The number of hydrogen-bond donors (Lipinski definition) is 1. The Balaban J connectivity index is 2.18. The molecule has 0 bridgehead atoms. The minimum absolute atomic E-state index is 0.390. The summed E-state index contributed by atoms with van der Waals surface area (Å²) < 4.78 is 23.4. The number of carbonyl (C=O) groups excluding carboxylic acids is 2. The van der Waals surface area contributed by atoms with Crippen molar-refractivity contribution in [2.45, 2.75) is 38.5 Å². The van der Waals surface area contributed by atoms with E-state index in [1.165, 1.54) is 30.3 Å². The van der Waals surface area contributed by atoms with Gasteiger partial charge in [-0.1, -0.05) is 12.1 Å². The fourth-order valence-electron chi connectivity index (χ4n) is 2.03. The van der Waals surface area contributed by atoms with Gasteiger partial charge >= 0.3 is 12.1 Å². The van der Waals surface area contributed by atoms with Crippen LogP contribution in [0.4, 0.5) is 9.18 Å². The van der Waals surface area contributed by atoms with E-state index < -0.39 is 35.6 Å². The Morgan fingerprint density at radius 3 is 2.45 bits per heavy atom. The average Bonchev–Trinajstić information content (AvgIpc) is 2.81. The standard InChI is InChI=1S/C16H18FNO4/c1-16(2,3)22-15(20)18-14(12-8-9-13(19)21-12)10-4-6-11(17)7-5-10/h4-9,12,14H,1-3H3,(H,18,20)/t12-,14+/m0/s1. The van der Waals surface area contributed by atoms with E-state index >= 15 is 0 Å². The summed E-state index contributed by atoms with van der Waals surface area (Å²) in [5.74, 6) is -0.873. The van der Waals surface area contributed by atoms with Crippen LogP contribution in [0, 0.1) is 5.82 Å². The second kappa shape index (κ2) is 6.17. The van der Waals surface area contributed by atoms with Crippen molar-refractivity contribution in [3.8, 4) is 0 Å². The first kappa shape index (κ1) is 16.0. The third kappa shape index (κ3) is 4.31. The molecule has 0 radical (unpaired) electrons. The summed E-state index contributed by atoms with van der Waals surface area (Å²) in [7, 11) is 0. The molecule has 1 amide bonds. The number of nitrogens with one attached hydrogen (secondary N) is 1. The van der Waals surface area contributed by atoms with Crippen LogP contribution in [0.25, 0.3) is 0 Å². The maximum Gasteiger partial charge on any atom is 0.408 e. The van der Waals surface area contributed by atoms with Gasteiger partial charge in [-0.05, 0) is 44.5 Å². The molecule has 118 valence electrons. The highest BCUT2D eigenvalue weighted by Crippen LogP contribution is 2.24. The minimum atomic E-state index is -0.662. The average molecular weight is 307 g/mol. The van der Waals surface area contributed by atoms with Gasteiger partial charge in [0.1, 0.15) is 17.5 Å². The van der Waals surface area contributed by atoms with Crippen molar-refractivity contribution in [1.82, 2.24) is 5.32 Å². The van der Waals surface area contributed by atoms with Gasteiger partial charge in [0.15, 0.2) is 0 Å². The van der Waals surface area contributed by atoms with Crippen LogP contribution in [0.2, 0.25) is 0 Å². The molecule has 0 saturated carbocycles. The molecule has 0 saturated heterocycles. The lowest BCUT2D eigenvalue weighted by molar-refractivity contribution is -0.139. The predicted octanol–water partition coefficient (Wildman–Crippen LogP) is 2.87. The molecule has 5 nitrogen and oxygen atoms in total. The zero-order chi connectivity index (χ0) is 16.3. The van der Waals surface area contributed by atoms with Gasteiger partial charge in [0, 0.05) is 6.08 Å². The van der Waals surface area contributed by atoms with Crippen LogP contribution >= 0.6 is 0 Å². The molecule has 0 aliphatic carbocycles. The summed E-state index contributed by atoms with van der Waals surface area (Å²) in [6, 6.07) is 4.95. The van der Waals surface area contributed by atoms with Gasteiger partial charge in [-0.3, -0.25) is 0 Å². The van der Waals surface area contributed by atoms with E-state index in [-0.39, 0.29) is 0 Å². The molecule has 0 spiro atoms. The van der Waals surface area contributed by atoms with E-state index in [0.29, 0.717) is 5.56 Å². The van der Waals surface area contributed by atoms with Gasteiger partial charge in [0.25, 0.3) is 0 Å². The summed E-state index contributed by atoms with van der Waals surface area (Å²) in [5, 5.41) is 2.66. The second-order valence-corrected chi connectivity index (χ2v) is 5.94. The van der Waals surface area contributed by atoms with Gasteiger partial charge in [-0.15, -0.1) is 0 Å². The second-order valence-electron chi connectivity index (χ2n) is 5.94. The molecule has 1 aliphatic rings. The molecule has 2 rings (SSSR count). The van der Waals surface area contributed by atoms with Crippen LogP contribution in [-0.4, -0.2) is 23.8 Å². The molecule has 1 N–H and O–H groups in total. The van der Waals surface area contributed by atoms with Gasteiger partial charge in [-0.2, -0.15) is 0 Å². The number of rotatable bonds is 3. The van der Waals surface area contributed by atoms with E-state index in [4.69, 9.17) is 9.47 Å². The lowest BCUT2D eigenvalue weighted by Crippen LogP contribution is -2.39. The first-order chi connectivity index (χ1) is 10.2. The third-order valence-corrected chi connectivity index (χ3v) is 2.90. The van der Waals surface area contributed by atoms with Crippen molar-refractivity contribution in [3.05, 3.63) is 47.8 Å². The van der Waals surface area contributed by atoms with Crippen LogP contribution in [0.5, 0.6) is 0 Å². The van der Waals surface area contributed by atoms with Gasteiger partial charge in [0.2, 0.25) is 0 Å². The van der Waals surface area contributed by atoms with E-state index in [2.05, 4.69) is 5.32 Å². The van der Waals surface area contributed by atoms with E-state index in [1.54, 1.807) is 26.8 Å². The lowest BCUT2D eigenvalue weighted by atomic mass is 10.0. The minimum Gasteiger partial charge on any atom is -0.452 e. The summed E-state index contributed by atoms with van der Waals surface area (Å²) in [5.41, 5.74) is -0.0452. The highest BCUT2D eigenvalue weighted by Gasteiger charge is 2.30. The Kier molecular flexibility index (Phi) is 4.49. The van der Waals surface area contributed by atoms with Crippen LogP contribution in [-0.2, 0) is 14.3 Å². The topological polar surface area (TPSA) is 64.6 Å². The monoisotopic (exact) mass is 307 g/mol. The van der Waals surface area contributed by atoms with Crippen molar-refractivity contribution in [3.63, 3.8) is 0 Å². The summed E-state index contributed by atoms with van der Waals surface area (Å²) >= 11 is 0. The van der Waals surface area contributed by atoms with Crippen LogP contribution in [0.1, 0.15) is 32.4 Å². The van der Waals surface area contributed by atoms with E-state index in [9.17, 15) is 14.0 Å². The fourth-order valence-corrected chi connectivity index (χ4v) is 2.03. The molecule has 1 aromatic rings. The number of cyclic esters (lactones) is 1. The van der Waals surface area contributed by atoms with Gasteiger partial charge in [0.05, 0.1) is 6.04 Å². The zero-order valence-corrected chi connectivity index (χ0v) is 12.6. The zero-order valence-electron chi connectivity index (χ0n) is 12.6. The van der Waals surface area contributed by atoms with Crippen LogP contribution < -0.4 is 5.32 Å². The number of ether oxygens (including phenoxy) is 2. The molecule has 0 unspecified atom stereocenters. The first-order valence-electron chi connectivity index (χ1n) is 6.88. The molecule has 0 fully saturated rings. The highest BCUT2D eigenvalue weighted by molar-refractivity contribution is 5.84. The molecular formula is C16H18FNO4. The number of halogens is 1. The number of carbonyl (C=O) groups is 2. The van der Waals surface area contributed by atoms with E-state index in [1.807, 2.05) is 0 Å². The van der Waals surface area contributed by atoms with Crippen molar-refractivity contribution in [2.24, 2.45) is 0 Å². The first-order valence-corrected chi connectivity index (χ1v) is 6.88. The van der Waals surface area contributed by atoms with Crippen molar-refractivity contribution in [2.75, 3.05) is 0 Å². The van der Waals surface area contributed by atoms with Crippen LogP contribution in [0.3, 0.4) is 0 Å². The highest BCUT2D eigenvalue weighted by atomic mass is 19.1. The number of esters is 1. The van der Waals surface area contributed by atoms with E-state index in [0.717, 1.165) is 0 Å². The number of hydrogen-bond acceptors (Lipinski definition) is 4. The Morgan fingerprint density at radius 2 is 1.95 bits per heavy atom. The lowest BCUT2D eigenvalue weighted by Gasteiger charge is -2.26. The number of alkyl carbamates (subject to hydrolysis) is 1. The van der Waals surface area contributed by atoms with Crippen molar-refractivity contribution >= 4 is 12.1 Å². The number of amides is 1. The molecule has 2 atom stereocenters. The Bertz CT molecular complexity index is 589. The third-order valence-electron chi connectivity index (χ3n) is 2.90. The molecule has 22 heavy (non-hydrogen) atoms. The largest absolute Gasteiger partial charge is 0.452 e. The van der Waals surface area contributed by atoms with Crippen molar-refractivity contribution in [1.29, 1.82) is 0 Å². The SMILES string of the molecule is CC(C)(C)OC(=O)N[C@H](c1ccc(F)cc1)[C@@H]1C=CC(=O)O1. The summed E-state index contributed by atoms with van der Waals surface area (Å²) in [6.45, 7) is 5.24. The molecule has 1 heterocycles. The Labute approximate surface area is 128 Å². The summed E-state index contributed by atoms with van der Waals surface area (Å²) in [6.07, 6.45) is 1.54.